The molecule has 0 unspecified atom stereocenters. The summed E-state index contributed by atoms with van der Waals surface area (Å²) >= 11 is 7.79. The van der Waals surface area contributed by atoms with E-state index < -0.39 is 5.41 Å². The van der Waals surface area contributed by atoms with Crippen LogP contribution in [0, 0.1) is 0 Å². The van der Waals surface area contributed by atoms with Gasteiger partial charge in [0.15, 0.2) is 10.8 Å². The number of nitrogens with one attached hydrogen (secondary N) is 1. The number of nitrogens with zero attached hydrogens (tertiary/aromatic N) is 5. The molecule has 7 nitrogen and oxygen atoms in total. The molecular weight excluding hydrogens is 480 g/mol. The molecule has 1 aliphatic carbocycles. The molecule has 35 heavy (non-hydrogen) atoms. The lowest BCUT2D eigenvalue weighted by Crippen LogP contribution is -2.43. The first-order valence-corrected chi connectivity index (χ1v) is 14.1. The van der Waals surface area contributed by atoms with E-state index in [0.717, 1.165) is 78.5 Å². The van der Waals surface area contributed by atoms with Gasteiger partial charge in [0.25, 0.3) is 0 Å². The maximum Gasteiger partial charge on any atom is 0.230 e. The second kappa shape index (κ2) is 10.7. The van der Waals surface area contributed by atoms with Crippen molar-refractivity contribution in [2.75, 3.05) is 30.3 Å². The third-order valence-electron chi connectivity index (χ3n) is 7.19. The fourth-order valence-electron chi connectivity index (χ4n) is 5.35. The van der Waals surface area contributed by atoms with Crippen molar-refractivity contribution in [3.8, 4) is 0 Å². The summed E-state index contributed by atoms with van der Waals surface area (Å²) in [6, 6.07) is 7.76. The molecular formula is C26H33ClN6OS. The van der Waals surface area contributed by atoms with Crippen LogP contribution in [0.25, 0.3) is 11.0 Å². The molecule has 1 aromatic carbocycles. The molecule has 0 spiro atoms. The van der Waals surface area contributed by atoms with Crippen molar-refractivity contribution in [2.24, 2.45) is 0 Å². The molecule has 9 heteroatoms. The number of hydrogen-bond donors (Lipinski definition) is 1. The summed E-state index contributed by atoms with van der Waals surface area (Å²) in [6.07, 6.45) is 9.21. The molecule has 1 amide bonds. The molecule has 3 heterocycles. The van der Waals surface area contributed by atoms with Gasteiger partial charge < -0.3 is 10.2 Å². The summed E-state index contributed by atoms with van der Waals surface area (Å²) in [5.41, 5.74) is 1.44. The Hall–Kier alpha value is -2.32. The van der Waals surface area contributed by atoms with Crippen molar-refractivity contribution in [3.63, 3.8) is 0 Å². The van der Waals surface area contributed by atoms with Crippen LogP contribution in [0.4, 0.5) is 5.82 Å². The Morgan fingerprint density at radius 1 is 1.11 bits per heavy atom. The van der Waals surface area contributed by atoms with Crippen LogP contribution in [-0.2, 0) is 16.8 Å². The Balaban J connectivity index is 1.33. The highest BCUT2D eigenvalue weighted by Crippen LogP contribution is 2.41. The van der Waals surface area contributed by atoms with Crippen LogP contribution in [-0.4, -0.2) is 51.0 Å². The highest BCUT2D eigenvalue weighted by Gasteiger charge is 2.42. The van der Waals surface area contributed by atoms with E-state index in [0.29, 0.717) is 18.1 Å². The number of fused-ring (bicyclic) bond motifs is 1. The molecule has 1 saturated carbocycles. The molecule has 3 aromatic rings. The molecule has 2 aromatic heterocycles. The topological polar surface area (TPSA) is 75.9 Å². The molecule has 2 aliphatic rings. The van der Waals surface area contributed by atoms with Crippen molar-refractivity contribution in [1.29, 1.82) is 0 Å². The third kappa shape index (κ3) is 5.00. The van der Waals surface area contributed by atoms with Gasteiger partial charge in [-0.15, -0.1) is 0 Å². The first kappa shape index (κ1) is 24.4. The zero-order chi connectivity index (χ0) is 24.3. The lowest BCUT2D eigenvalue weighted by molar-refractivity contribution is -0.126. The van der Waals surface area contributed by atoms with E-state index in [9.17, 15) is 4.79 Å². The number of anilines is 1. The van der Waals surface area contributed by atoms with Gasteiger partial charge in [-0.25, -0.2) is 14.6 Å². The second-order valence-electron chi connectivity index (χ2n) is 9.53. The van der Waals surface area contributed by atoms with Crippen molar-refractivity contribution >= 4 is 46.1 Å². The monoisotopic (exact) mass is 512 g/mol. The molecule has 1 aliphatic heterocycles. The van der Waals surface area contributed by atoms with Gasteiger partial charge in [0, 0.05) is 30.4 Å². The number of halogens is 1. The van der Waals surface area contributed by atoms with Crippen molar-refractivity contribution in [1.82, 2.24) is 25.1 Å². The van der Waals surface area contributed by atoms with Crippen molar-refractivity contribution in [2.45, 2.75) is 69.0 Å². The normalized spacial score (nSPS) is 17.4. The predicted octanol–water partition coefficient (Wildman–Crippen LogP) is 5.21. The van der Waals surface area contributed by atoms with E-state index in [-0.39, 0.29) is 5.91 Å². The Kier molecular flexibility index (Phi) is 7.48. The van der Waals surface area contributed by atoms with Gasteiger partial charge in [0.1, 0.15) is 5.82 Å². The number of aromatic nitrogens is 4. The summed E-state index contributed by atoms with van der Waals surface area (Å²) in [6.45, 7) is 5.29. The van der Waals surface area contributed by atoms with Crippen LogP contribution in [0.15, 0.2) is 35.6 Å². The van der Waals surface area contributed by atoms with Gasteiger partial charge in [0.05, 0.1) is 23.5 Å². The van der Waals surface area contributed by atoms with E-state index in [4.69, 9.17) is 21.6 Å². The zero-order valence-electron chi connectivity index (χ0n) is 20.3. The largest absolute Gasteiger partial charge is 0.356 e. The third-order valence-corrected chi connectivity index (χ3v) is 8.50. The standard InChI is InChI=1S/C26H33ClN6OS/c1-2-17-35-25-30-22(32-14-5-6-15-32)21-18-29-33(23(21)31-25)16-13-28-24(34)26(11-3-4-12-26)19-7-9-20(27)10-8-19/h7-10,18H,2-6,11-17H2,1H3,(H,28,34). The van der Waals surface area contributed by atoms with E-state index in [1.807, 2.05) is 35.1 Å². The van der Waals surface area contributed by atoms with Gasteiger partial charge in [-0.2, -0.15) is 5.10 Å². The lowest BCUT2D eigenvalue weighted by Gasteiger charge is -2.28. The minimum Gasteiger partial charge on any atom is -0.356 e. The second-order valence-corrected chi connectivity index (χ2v) is 11.0. The number of thioether (sulfide) groups is 1. The molecule has 0 atom stereocenters. The Labute approximate surface area is 216 Å². The Bertz CT molecular complexity index is 1170. The molecule has 186 valence electrons. The average molecular weight is 513 g/mol. The van der Waals surface area contributed by atoms with E-state index in [2.05, 4.69) is 22.2 Å². The summed E-state index contributed by atoms with van der Waals surface area (Å²) in [7, 11) is 0. The number of amides is 1. The maximum atomic E-state index is 13.4. The number of carbonyl (C=O) groups is 1. The Morgan fingerprint density at radius 2 is 1.86 bits per heavy atom. The van der Waals surface area contributed by atoms with Crippen LogP contribution in [0.1, 0.15) is 57.4 Å². The van der Waals surface area contributed by atoms with Crippen molar-refractivity contribution in [3.05, 3.63) is 41.0 Å². The van der Waals surface area contributed by atoms with Crippen molar-refractivity contribution < 1.29 is 4.79 Å². The minimum absolute atomic E-state index is 0.0976. The minimum atomic E-state index is -0.466. The van der Waals surface area contributed by atoms with E-state index in [1.165, 1.54) is 12.8 Å². The zero-order valence-corrected chi connectivity index (χ0v) is 21.9. The van der Waals surface area contributed by atoms with E-state index in [1.54, 1.807) is 11.8 Å². The number of benzene rings is 1. The number of rotatable bonds is 9. The summed E-state index contributed by atoms with van der Waals surface area (Å²) < 4.78 is 1.91. The summed E-state index contributed by atoms with van der Waals surface area (Å²) in [4.78, 5) is 25.5. The molecule has 0 radical (unpaired) electrons. The van der Waals surface area contributed by atoms with Gasteiger partial charge in [-0.05, 0) is 49.8 Å². The predicted molar refractivity (Wildman–Crippen MR) is 142 cm³/mol. The molecule has 1 N–H and O–H groups in total. The summed E-state index contributed by atoms with van der Waals surface area (Å²) in [5.74, 6) is 2.08. The fourth-order valence-corrected chi connectivity index (χ4v) is 6.17. The van der Waals surface area contributed by atoms with E-state index >= 15 is 0 Å². The number of hydrogen-bond acceptors (Lipinski definition) is 6. The van der Waals surface area contributed by atoms with Gasteiger partial charge in [0.2, 0.25) is 5.91 Å². The van der Waals surface area contributed by atoms with Gasteiger partial charge >= 0.3 is 0 Å². The lowest BCUT2D eigenvalue weighted by atomic mass is 9.78. The van der Waals surface area contributed by atoms with Crippen LogP contribution < -0.4 is 10.2 Å². The quantitative estimate of drug-likeness (QED) is 0.313. The highest BCUT2D eigenvalue weighted by atomic mass is 35.5. The smallest absolute Gasteiger partial charge is 0.230 e. The van der Waals surface area contributed by atoms with Crippen LogP contribution >= 0.6 is 23.4 Å². The Morgan fingerprint density at radius 3 is 2.57 bits per heavy atom. The first-order valence-electron chi connectivity index (χ1n) is 12.8. The molecule has 1 saturated heterocycles. The fraction of sp³-hybridized carbons (Fsp3) is 0.538. The SMILES string of the molecule is CCCSc1nc(N2CCCC2)c2cnn(CCNC(=O)C3(c4ccc(Cl)cc4)CCCC3)c2n1. The van der Waals surface area contributed by atoms with Crippen LogP contribution in [0.2, 0.25) is 5.02 Å². The maximum absolute atomic E-state index is 13.4. The number of carbonyl (C=O) groups excluding carboxylic acids is 1. The summed E-state index contributed by atoms with van der Waals surface area (Å²) in [5, 5.41) is 10.3. The van der Waals surface area contributed by atoms with Crippen LogP contribution in [0.5, 0.6) is 0 Å². The van der Waals surface area contributed by atoms with Gasteiger partial charge in [-0.3, -0.25) is 4.79 Å². The van der Waals surface area contributed by atoms with Crippen LogP contribution in [0.3, 0.4) is 0 Å². The first-order chi connectivity index (χ1) is 17.1. The molecule has 2 fully saturated rings. The highest BCUT2D eigenvalue weighted by molar-refractivity contribution is 7.99. The molecule has 5 rings (SSSR count). The molecule has 0 bridgehead atoms. The average Bonchev–Trinajstić information content (AvgIpc) is 3.64. The van der Waals surface area contributed by atoms with Gasteiger partial charge in [-0.1, -0.05) is 55.3 Å².